The van der Waals surface area contributed by atoms with Gasteiger partial charge in [-0.25, -0.2) is 0 Å². The van der Waals surface area contributed by atoms with Crippen LogP contribution in [0.15, 0.2) is 72.8 Å². The zero-order valence-corrected chi connectivity index (χ0v) is 10.8. The van der Waals surface area contributed by atoms with Gasteiger partial charge in [-0.15, -0.1) is 0 Å². The SMILES string of the molecule is O=C(C#Cc1ccccc1)c1cccc2ccccc12. The van der Waals surface area contributed by atoms with Gasteiger partial charge in [-0.1, -0.05) is 60.5 Å². The molecule has 0 heterocycles. The lowest BCUT2D eigenvalue weighted by Crippen LogP contribution is -1.96. The molecule has 0 atom stereocenters. The Hall–Kier alpha value is -2.85. The molecule has 3 aromatic rings. The van der Waals surface area contributed by atoms with Gasteiger partial charge < -0.3 is 0 Å². The summed E-state index contributed by atoms with van der Waals surface area (Å²) in [6.45, 7) is 0. The van der Waals surface area contributed by atoms with Crippen LogP contribution in [0.3, 0.4) is 0 Å². The van der Waals surface area contributed by atoms with Gasteiger partial charge in [0.1, 0.15) is 0 Å². The summed E-state index contributed by atoms with van der Waals surface area (Å²) in [5, 5.41) is 2.00. The molecule has 0 radical (unpaired) electrons. The second kappa shape index (κ2) is 5.42. The Balaban J connectivity index is 2.00. The van der Waals surface area contributed by atoms with Crippen LogP contribution in [0.4, 0.5) is 0 Å². The molecule has 94 valence electrons. The summed E-state index contributed by atoms with van der Waals surface area (Å²) in [4.78, 5) is 12.3. The summed E-state index contributed by atoms with van der Waals surface area (Å²) in [5.74, 6) is 5.48. The van der Waals surface area contributed by atoms with Crippen molar-refractivity contribution in [2.24, 2.45) is 0 Å². The summed E-state index contributed by atoms with van der Waals surface area (Å²) >= 11 is 0. The Labute approximate surface area is 117 Å². The van der Waals surface area contributed by atoms with Crippen LogP contribution in [0.2, 0.25) is 0 Å². The average Bonchev–Trinajstić information content (AvgIpc) is 2.53. The molecule has 3 rings (SSSR count). The lowest BCUT2D eigenvalue weighted by molar-refractivity contribution is 0.105. The van der Waals surface area contributed by atoms with Crippen molar-refractivity contribution in [1.29, 1.82) is 0 Å². The molecule has 0 spiro atoms. The number of fused-ring (bicyclic) bond motifs is 1. The summed E-state index contributed by atoms with van der Waals surface area (Å²) in [6, 6.07) is 23.1. The van der Waals surface area contributed by atoms with E-state index < -0.39 is 0 Å². The predicted octanol–water partition coefficient (Wildman–Crippen LogP) is 4.07. The quantitative estimate of drug-likeness (QED) is 0.473. The minimum absolute atomic E-state index is 0.148. The van der Waals surface area contributed by atoms with Crippen LogP contribution in [0.1, 0.15) is 15.9 Å². The maximum atomic E-state index is 12.3. The number of benzene rings is 3. The number of carbonyl (C=O) groups excluding carboxylic acids is 1. The van der Waals surface area contributed by atoms with Crippen molar-refractivity contribution in [1.82, 2.24) is 0 Å². The monoisotopic (exact) mass is 256 g/mol. The summed E-state index contributed by atoms with van der Waals surface area (Å²) in [6.07, 6.45) is 0. The van der Waals surface area contributed by atoms with E-state index in [4.69, 9.17) is 0 Å². The van der Waals surface area contributed by atoms with Crippen LogP contribution >= 0.6 is 0 Å². The second-order valence-electron chi connectivity index (χ2n) is 4.47. The Morgan fingerprint density at radius 1 is 0.750 bits per heavy atom. The number of carbonyl (C=O) groups is 1. The highest BCUT2D eigenvalue weighted by molar-refractivity contribution is 6.16. The van der Waals surface area contributed by atoms with E-state index in [0.717, 1.165) is 16.3 Å². The largest absolute Gasteiger partial charge is 0.279 e. The van der Waals surface area contributed by atoms with Crippen LogP contribution in [0.25, 0.3) is 10.8 Å². The number of rotatable bonds is 1. The minimum atomic E-state index is -0.148. The number of Topliss-reactive ketones (excluding diaryl/α,β-unsaturated/α-hetero) is 1. The fraction of sp³-hybridized carbons (Fsp3) is 0. The highest BCUT2D eigenvalue weighted by Crippen LogP contribution is 2.18. The maximum Gasteiger partial charge on any atom is 0.236 e. The highest BCUT2D eigenvalue weighted by atomic mass is 16.1. The van der Waals surface area contributed by atoms with E-state index in [2.05, 4.69) is 11.8 Å². The zero-order valence-electron chi connectivity index (χ0n) is 10.8. The zero-order chi connectivity index (χ0) is 13.8. The third-order valence-corrected chi connectivity index (χ3v) is 3.13. The van der Waals surface area contributed by atoms with E-state index >= 15 is 0 Å². The Bertz CT molecular complexity index is 815. The van der Waals surface area contributed by atoms with Crippen molar-refractivity contribution in [3.8, 4) is 11.8 Å². The molecular formula is C19H12O. The molecule has 0 aliphatic heterocycles. The standard InChI is InChI=1S/C19H12O/c20-19(14-13-15-7-2-1-3-8-15)18-12-6-10-16-9-4-5-11-17(16)18/h1-12H. The van der Waals surface area contributed by atoms with E-state index in [9.17, 15) is 4.79 Å². The van der Waals surface area contributed by atoms with Crippen LogP contribution in [0.5, 0.6) is 0 Å². The average molecular weight is 256 g/mol. The van der Waals surface area contributed by atoms with E-state index in [1.807, 2.05) is 72.8 Å². The van der Waals surface area contributed by atoms with Crippen LogP contribution in [-0.4, -0.2) is 5.78 Å². The van der Waals surface area contributed by atoms with E-state index in [-0.39, 0.29) is 5.78 Å². The molecule has 0 saturated carbocycles. The highest BCUT2D eigenvalue weighted by Gasteiger charge is 2.06. The summed E-state index contributed by atoms with van der Waals surface area (Å²) in [5.41, 5.74) is 1.51. The molecule has 1 nitrogen and oxygen atoms in total. The topological polar surface area (TPSA) is 17.1 Å². The fourth-order valence-corrected chi connectivity index (χ4v) is 2.14. The lowest BCUT2D eigenvalue weighted by atomic mass is 10.0. The molecule has 1 heteroatoms. The van der Waals surface area contributed by atoms with E-state index in [1.54, 1.807) is 0 Å². The molecule has 0 unspecified atom stereocenters. The van der Waals surface area contributed by atoms with Gasteiger partial charge in [0.2, 0.25) is 5.78 Å². The molecule has 0 aromatic heterocycles. The van der Waals surface area contributed by atoms with Gasteiger partial charge in [-0.05, 0) is 34.9 Å². The Kier molecular flexibility index (Phi) is 3.31. The lowest BCUT2D eigenvalue weighted by Gasteiger charge is -2.01. The van der Waals surface area contributed by atoms with Crippen molar-refractivity contribution < 1.29 is 4.79 Å². The Morgan fingerprint density at radius 2 is 1.45 bits per heavy atom. The Morgan fingerprint density at radius 3 is 2.30 bits per heavy atom. The van der Waals surface area contributed by atoms with Crippen molar-refractivity contribution >= 4 is 16.6 Å². The predicted molar refractivity (Wildman–Crippen MR) is 81.6 cm³/mol. The molecule has 3 aromatic carbocycles. The van der Waals surface area contributed by atoms with Gasteiger partial charge in [0.25, 0.3) is 0 Å². The number of hydrogen-bond donors (Lipinski definition) is 0. The van der Waals surface area contributed by atoms with Gasteiger partial charge in [0.15, 0.2) is 0 Å². The third-order valence-electron chi connectivity index (χ3n) is 3.13. The first-order valence-electron chi connectivity index (χ1n) is 6.44. The normalized spacial score (nSPS) is 9.80. The van der Waals surface area contributed by atoms with Crippen molar-refractivity contribution in [2.75, 3.05) is 0 Å². The van der Waals surface area contributed by atoms with Crippen LogP contribution < -0.4 is 0 Å². The van der Waals surface area contributed by atoms with Gasteiger partial charge >= 0.3 is 0 Å². The fourth-order valence-electron chi connectivity index (χ4n) is 2.14. The third kappa shape index (κ3) is 2.46. The summed E-state index contributed by atoms with van der Waals surface area (Å²) < 4.78 is 0. The first-order chi connectivity index (χ1) is 9.84. The number of hydrogen-bond acceptors (Lipinski definition) is 1. The molecule has 0 amide bonds. The van der Waals surface area contributed by atoms with Gasteiger partial charge in [-0.3, -0.25) is 4.79 Å². The van der Waals surface area contributed by atoms with Gasteiger partial charge in [0.05, 0.1) is 0 Å². The second-order valence-corrected chi connectivity index (χ2v) is 4.47. The molecule has 0 bridgehead atoms. The molecule has 0 aliphatic rings. The maximum absolute atomic E-state index is 12.3. The van der Waals surface area contributed by atoms with Gasteiger partial charge in [-0.2, -0.15) is 0 Å². The molecule has 0 N–H and O–H groups in total. The molecular weight excluding hydrogens is 244 g/mol. The van der Waals surface area contributed by atoms with Crippen LogP contribution in [0, 0.1) is 11.8 Å². The number of ketones is 1. The minimum Gasteiger partial charge on any atom is -0.279 e. The molecule has 0 fully saturated rings. The van der Waals surface area contributed by atoms with Crippen molar-refractivity contribution in [3.05, 3.63) is 83.9 Å². The first-order valence-corrected chi connectivity index (χ1v) is 6.44. The van der Waals surface area contributed by atoms with E-state index in [0.29, 0.717) is 5.56 Å². The molecule has 0 saturated heterocycles. The molecule has 0 aliphatic carbocycles. The van der Waals surface area contributed by atoms with Crippen LogP contribution in [-0.2, 0) is 0 Å². The van der Waals surface area contributed by atoms with Gasteiger partial charge in [0, 0.05) is 11.1 Å². The van der Waals surface area contributed by atoms with Crippen molar-refractivity contribution in [3.63, 3.8) is 0 Å². The summed E-state index contributed by atoms with van der Waals surface area (Å²) in [7, 11) is 0. The van der Waals surface area contributed by atoms with E-state index in [1.165, 1.54) is 0 Å². The first kappa shape index (κ1) is 12.2. The smallest absolute Gasteiger partial charge is 0.236 e. The van der Waals surface area contributed by atoms with Crippen molar-refractivity contribution in [2.45, 2.75) is 0 Å². The molecule has 20 heavy (non-hydrogen) atoms.